The van der Waals surface area contributed by atoms with Gasteiger partial charge in [-0.2, -0.15) is 5.10 Å². The highest BCUT2D eigenvalue weighted by atomic mass is 32.1. The molecule has 0 radical (unpaired) electrons. The van der Waals surface area contributed by atoms with E-state index < -0.39 is 0 Å². The van der Waals surface area contributed by atoms with Gasteiger partial charge >= 0.3 is 0 Å². The summed E-state index contributed by atoms with van der Waals surface area (Å²) in [6.07, 6.45) is 3.36. The van der Waals surface area contributed by atoms with Crippen LogP contribution in [0.15, 0.2) is 22.8 Å². The van der Waals surface area contributed by atoms with Crippen LogP contribution < -0.4 is 0 Å². The summed E-state index contributed by atoms with van der Waals surface area (Å²) in [4.78, 5) is 0. The average molecular weight is 209 g/mol. The Bertz CT molecular complexity index is 455. The number of rotatable bonds is 3. The van der Waals surface area contributed by atoms with Crippen molar-refractivity contribution >= 4 is 12.2 Å². The molecule has 0 spiro atoms. The summed E-state index contributed by atoms with van der Waals surface area (Å²) in [6, 6.07) is 3.85. The number of nitrogens with one attached hydrogen (secondary N) is 1. The molecule has 1 N–H and O–H groups in total. The molecule has 0 bridgehead atoms. The van der Waals surface area contributed by atoms with Crippen LogP contribution in [0.25, 0.3) is 0 Å². The van der Waals surface area contributed by atoms with Gasteiger partial charge in [0.15, 0.2) is 4.77 Å². The standard InChI is InChI=1S/C9H11N3OS/c1-12-8(10-11-9(12)14)5-4-7-3-2-6-13-7/h2-3,6H,4-5H2,1H3,(H,11,14). The van der Waals surface area contributed by atoms with Gasteiger partial charge < -0.3 is 8.98 Å². The first kappa shape index (κ1) is 9.21. The zero-order chi connectivity index (χ0) is 9.97. The van der Waals surface area contributed by atoms with E-state index in [9.17, 15) is 0 Å². The number of H-pyrrole nitrogens is 1. The molecular weight excluding hydrogens is 198 g/mol. The van der Waals surface area contributed by atoms with Gasteiger partial charge in [-0.3, -0.25) is 5.10 Å². The maximum Gasteiger partial charge on any atom is 0.194 e. The van der Waals surface area contributed by atoms with E-state index in [4.69, 9.17) is 16.6 Å². The maximum atomic E-state index is 5.23. The first-order valence-corrected chi connectivity index (χ1v) is 4.81. The third-order valence-corrected chi connectivity index (χ3v) is 2.51. The summed E-state index contributed by atoms with van der Waals surface area (Å²) in [5.74, 6) is 1.92. The van der Waals surface area contributed by atoms with Gasteiger partial charge in [-0.15, -0.1) is 0 Å². The Morgan fingerprint density at radius 1 is 1.57 bits per heavy atom. The number of furan rings is 1. The normalized spacial score (nSPS) is 10.6. The SMILES string of the molecule is Cn1c(CCc2ccco2)n[nH]c1=S. The Labute approximate surface area is 86.6 Å². The molecule has 14 heavy (non-hydrogen) atoms. The van der Waals surface area contributed by atoms with E-state index in [0.29, 0.717) is 4.77 Å². The Balaban J connectivity index is 2.05. The van der Waals surface area contributed by atoms with E-state index in [1.54, 1.807) is 6.26 Å². The molecule has 0 aliphatic carbocycles. The van der Waals surface area contributed by atoms with E-state index in [-0.39, 0.29) is 0 Å². The van der Waals surface area contributed by atoms with Crippen LogP contribution in [-0.4, -0.2) is 14.8 Å². The van der Waals surface area contributed by atoms with Crippen molar-refractivity contribution in [1.82, 2.24) is 14.8 Å². The minimum absolute atomic E-state index is 0.652. The van der Waals surface area contributed by atoms with Gasteiger partial charge in [0.05, 0.1) is 6.26 Å². The van der Waals surface area contributed by atoms with Crippen molar-refractivity contribution in [2.24, 2.45) is 7.05 Å². The van der Waals surface area contributed by atoms with Crippen LogP contribution in [-0.2, 0) is 19.9 Å². The maximum absolute atomic E-state index is 5.23. The number of aromatic nitrogens is 3. The van der Waals surface area contributed by atoms with Crippen molar-refractivity contribution in [2.75, 3.05) is 0 Å². The average Bonchev–Trinajstić information content (AvgIpc) is 2.77. The predicted octanol–water partition coefficient (Wildman–Crippen LogP) is 1.86. The Hall–Kier alpha value is -1.36. The molecule has 0 unspecified atom stereocenters. The highest BCUT2D eigenvalue weighted by Gasteiger charge is 2.03. The third kappa shape index (κ3) is 1.77. The lowest BCUT2D eigenvalue weighted by atomic mass is 10.2. The lowest BCUT2D eigenvalue weighted by Gasteiger charge is -1.97. The van der Waals surface area contributed by atoms with Gasteiger partial charge in [0.1, 0.15) is 11.6 Å². The summed E-state index contributed by atoms with van der Waals surface area (Å²) >= 11 is 5.01. The van der Waals surface area contributed by atoms with Crippen LogP contribution in [0.1, 0.15) is 11.6 Å². The molecular formula is C9H11N3OS. The van der Waals surface area contributed by atoms with Crippen LogP contribution in [0.4, 0.5) is 0 Å². The summed E-state index contributed by atoms with van der Waals surface area (Å²) < 4.78 is 7.75. The summed E-state index contributed by atoms with van der Waals surface area (Å²) in [6.45, 7) is 0. The number of aromatic amines is 1. The van der Waals surface area contributed by atoms with Gasteiger partial charge in [0, 0.05) is 19.9 Å². The second kappa shape index (κ2) is 3.79. The monoisotopic (exact) mass is 209 g/mol. The van der Waals surface area contributed by atoms with Gasteiger partial charge in [0.25, 0.3) is 0 Å². The largest absolute Gasteiger partial charge is 0.469 e. The molecule has 0 aliphatic heterocycles. The lowest BCUT2D eigenvalue weighted by Crippen LogP contribution is -1.99. The van der Waals surface area contributed by atoms with Crippen molar-refractivity contribution < 1.29 is 4.42 Å². The Morgan fingerprint density at radius 2 is 2.43 bits per heavy atom. The molecule has 0 aromatic carbocycles. The first-order chi connectivity index (χ1) is 6.77. The van der Waals surface area contributed by atoms with Crippen molar-refractivity contribution in [2.45, 2.75) is 12.8 Å². The molecule has 0 fully saturated rings. The van der Waals surface area contributed by atoms with E-state index in [0.717, 1.165) is 24.4 Å². The third-order valence-electron chi connectivity index (χ3n) is 2.15. The fourth-order valence-electron chi connectivity index (χ4n) is 1.29. The smallest absolute Gasteiger partial charge is 0.194 e. The van der Waals surface area contributed by atoms with Gasteiger partial charge in [0.2, 0.25) is 0 Å². The molecule has 2 rings (SSSR count). The van der Waals surface area contributed by atoms with Gasteiger partial charge in [-0.1, -0.05) is 0 Å². The van der Waals surface area contributed by atoms with E-state index >= 15 is 0 Å². The number of nitrogens with zero attached hydrogens (tertiary/aromatic N) is 2. The molecule has 2 heterocycles. The van der Waals surface area contributed by atoms with Crippen LogP contribution in [0, 0.1) is 4.77 Å². The fraction of sp³-hybridized carbons (Fsp3) is 0.333. The quantitative estimate of drug-likeness (QED) is 0.785. The van der Waals surface area contributed by atoms with E-state index in [1.807, 2.05) is 23.7 Å². The molecule has 74 valence electrons. The van der Waals surface area contributed by atoms with Crippen LogP contribution in [0.2, 0.25) is 0 Å². The minimum Gasteiger partial charge on any atom is -0.469 e. The van der Waals surface area contributed by atoms with Gasteiger partial charge in [-0.25, -0.2) is 0 Å². The lowest BCUT2D eigenvalue weighted by molar-refractivity contribution is 0.504. The summed E-state index contributed by atoms with van der Waals surface area (Å²) in [5, 5.41) is 6.87. The second-order valence-electron chi connectivity index (χ2n) is 3.08. The number of hydrogen-bond acceptors (Lipinski definition) is 3. The highest BCUT2D eigenvalue weighted by molar-refractivity contribution is 7.71. The van der Waals surface area contributed by atoms with Crippen molar-refractivity contribution in [3.63, 3.8) is 0 Å². The molecule has 5 heteroatoms. The van der Waals surface area contributed by atoms with Crippen LogP contribution in [0.5, 0.6) is 0 Å². The zero-order valence-electron chi connectivity index (χ0n) is 7.86. The Morgan fingerprint density at radius 3 is 3.00 bits per heavy atom. The molecule has 2 aromatic rings. The van der Waals surface area contributed by atoms with Crippen molar-refractivity contribution in [3.05, 3.63) is 34.8 Å². The molecule has 0 atom stereocenters. The molecule has 0 saturated carbocycles. The molecule has 2 aromatic heterocycles. The van der Waals surface area contributed by atoms with Crippen LogP contribution in [0.3, 0.4) is 0 Å². The molecule has 0 aliphatic rings. The summed E-state index contributed by atoms with van der Waals surface area (Å²) in [5.41, 5.74) is 0. The van der Waals surface area contributed by atoms with E-state index in [2.05, 4.69) is 10.2 Å². The van der Waals surface area contributed by atoms with Gasteiger partial charge in [-0.05, 0) is 24.4 Å². The Kier molecular flexibility index (Phi) is 2.49. The van der Waals surface area contributed by atoms with Crippen molar-refractivity contribution in [3.8, 4) is 0 Å². The second-order valence-corrected chi connectivity index (χ2v) is 3.47. The number of hydrogen-bond donors (Lipinski definition) is 1. The molecule has 0 saturated heterocycles. The predicted molar refractivity (Wildman–Crippen MR) is 54.5 cm³/mol. The zero-order valence-corrected chi connectivity index (χ0v) is 8.67. The topological polar surface area (TPSA) is 46.8 Å². The summed E-state index contributed by atoms with van der Waals surface area (Å²) in [7, 11) is 1.91. The van der Waals surface area contributed by atoms with Crippen LogP contribution >= 0.6 is 12.2 Å². The van der Waals surface area contributed by atoms with Crippen molar-refractivity contribution in [1.29, 1.82) is 0 Å². The fourth-order valence-corrected chi connectivity index (χ4v) is 1.44. The first-order valence-electron chi connectivity index (χ1n) is 4.40. The number of aryl methyl sites for hydroxylation is 2. The minimum atomic E-state index is 0.652. The highest BCUT2D eigenvalue weighted by Crippen LogP contribution is 2.05. The molecule has 0 amide bonds. The van der Waals surface area contributed by atoms with E-state index in [1.165, 1.54) is 0 Å². The molecule has 4 nitrogen and oxygen atoms in total.